The molecule has 0 bridgehead atoms. The molecule has 4 rings (SSSR count). The van der Waals surface area contributed by atoms with Gasteiger partial charge in [0.2, 0.25) is 5.89 Å². The number of nitrogens with zero attached hydrogens (tertiary/aromatic N) is 3. The van der Waals surface area contributed by atoms with Gasteiger partial charge >= 0.3 is 0 Å². The van der Waals surface area contributed by atoms with Gasteiger partial charge in [-0.1, -0.05) is 23.7 Å². The third-order valence-electron chi connectivity index (χ3n) is 5.22. The quantitative estimate of drug-likeness (QED) is 0.453. The highest BCUT2D eigenvalue weighted by Crippen LogP contribution is 2.34. The van der Waals surface area contributed by atoms with Gasteiger partial charge in [0, 0.05) is 11.4 Å². The molecule has 9 nitrogen and oxygen atoms in total. The minimum Gasteiger partial charge on any atom is -0.440 e. The van der Waals surface area contributed by atoms with Gasteiger partial charge < -0.3 is 29.6 Å². The van der Waals surface area contributed by atoms with Gasteiger partial charge in [0.25, 0.3) is 0 Å². The summed E-state index contributed by atoms with van der Waals surface area (Å²) in [5.41, 5.74) is 2.43. The third-order valence-corrected chi connectivity index (χ3v) is 5.59. The van der Waals surface area contributed by atoms with E-state index < -0.39 is 37.1 Å². The average Bonchev–Trinajstić information content (AvgIpc) is 3.21. The molecule has 3 heterocycles. The number of aliphatic hydroxyl groups excluding tert-OH is 4. The number of benzene rings is 1. The Hall–Kier alpha value is -2.40. The second-order valence-electron chi connectivity index (χ2n) is 7.46. The van der Waals surface area contributed by atoms with E-state index in [-0.39, 0.29) is 0 Å². The third kappa shape index (κ3) is 4.47. The van der Waals surface area contributed by atoms with Crippen molar-refractivity contribution in [2.24, 2.45) is 0 Å². The standard InChI is InChI=1S/C21H22ClN3O6/c1-10-8-23-21(30-10)15-5-3-13(24-25-15)7-12-6-11(2-4-14(12)22)20-19(29)18(28)17(27)16(9-26)31-20/h2-6,8,16-20,26-29H,7,9H2,1H3/t16-,17-,18+,19-,20+/m1/s1. The highest BCUT2D eigenvalue weighted by Gasteiger charge is 2.44. The fourth-order valence-corrected chi connectivity index (χ4v) is 3.71. The minimum atomic E-state index is -1.45. The Morgan fingerprint density at radius 1 is 1.03 bits per heavy atom. The summed E-state index contributed by atoms with van der Waals surface area (Å²) in [5.74, 6) is 1.07. The Morgan fingerprint density at radius 3 is 2.48 bits per heavy atom. The maximum absolute atomic E-state index is 10.4. The van der Waals surface area contributed by atoms with Crippen molar-refractivity contribution >= 4 is 11.6 Å². The van der Waals surface area contributed by atoms with Gasteiger partial charge in [0.05, 0.1) is 18.5 Å². The lowest BCUT2D eigenvalue weighted by Gasteiger charge is -2.40. The first-order valence-electron chi connectivity index (χ1n) is 9.71. The lowest BCUT2D eigenvalue weighted by molar-refractivity contribution is -0.231. The number of ether oxygens (including phenoxy) is 1. The fourth-order valence-electron chi connectivity index (χ4n) is 3.52. The van der Waals surface area contributed by atoms with Gasteiger partial charge in [-0.05, 0) is 36.2 Å². The van der Waals surface area contributed by atoms with Crippen molar-refractivity contribution < 1.29 is 29.6 Å². The van der Waals surface area contributed by atoms with E-state index in [9.17, 15) is 20.4 Å². The molecule has 0 radical (unpaired) electrons. The number of rotatable bonds is 5. The molecule has 5 atom stereocenters. The molecular weight excluding hydrogens is 426 g/mol. The summed E-state index contributed by atoms with van der Waals surface area (Å²) in [6.07, 6.45) is -4.18. The zero-order chi connectivity index (χ0) is 22.1. The average molecular weight is 448 g/mol. The number of hydrogen-bond donors (Lipinski definition) is 4. The van der Waals surface area contributed by atoms with Gasteiger partial charge in [0.1, 0.15) is 42.0 Å². The Balaban J connectivity index is 1.55. The van der Waals surface area contributed by atoms with Crippen LogP contribution in [0.3, 0.4) is 0 Å². The molecule has 10 heteroatoms. The van der Waals surface area contributed by atoms with E-state index in [1.807, 2.05) is 0 Å². The first kappa shape index (κ1) is 21.8. The normalized spacial score (nSPS) is 26.2. The van der Waals surface area contributed by atoms with Crippen LogP contribution < -0.4 is 0 Å². The summed E-state index contributed by atoms with van der Waals surface area (Å²) in [4.78, 5) is 4.12. The van der Waals surface area contributed by atoms with Crippen LogP contribution in [0, 0.1) is 6.92 Å². The molecule has 31 heavy (non-hydrogen) atoms. The van der Waals surface area contributed by atoms with E-state index in [4.69, 9.17) is 20.8 Å². The van der Waals surface area contributed by atoms with Crippen LogP contribution in [0.1, 0.15) is 28.7 Å². The summed E-state index contributed by atoms with van der Waals surface area (Å²) < 4.78 is 11.1. The predicted octanol–water partition coefficient (Wildman–Crippen LogP) is 1.20. The largest absolute Gasteiger partial charge is 0.440 e. The van der Waals surface area contributed by atoms with Gasteiger partial charge in [-0.15, -0.1) is 5.10 Å². The van der Waals surface area contributed by atoms with E-state index in [0.29, 0.717) is 45.6 Å². The molecule has 1 aliphatic heterocycles. The van der Waals surface area contributed by atoms with Gasteiger partial charge in [-0.2, -0.15) is 5.10 Å². The van der Waals surface area contributed by atoms with Crippen molar-refractivity contribution in [2.75, 3.05) is 6.61 Å². The maximum Gasteiger partial charge on any atom is 0.247 e. The molecule has 1 saturated heterocycles. The van der Waals surface area contributed by atoms with Crippen molar-refractivity contribution in [3.8, 4) is 11.6 Å². The molecule has 1 aliphatic rings. The number of aryl methyl sites for hydroxylation is 1. The van der Waals surface area contributed by atoms with Crippen LogP contribution in [0.5, 0.6) is 0 Å². The number of hydrogen-bond acceptors (Lipinski definition) is 9. The van der Waals surface area contributed by atoms with E-state index >= 15 is 0 Å². The zero-order valence-corrected chi connectivity index (χ0v) is 17.3. The second kappa shape index (κ2) is 8.99. The number of oxazole rings is 1. The molecule has 0 amide bonds. The van der Waals surface area contributed by atoms with Gasteiger partial charge in [0.15, 0.2) is 0 Å². The summed E-state index contributed by atoms with van der Waals surface area (Å²) in [7, 11) is 0. The van der Waals surface area contributed by atoms with E-state index in [1.165, 1.54) is 0 Å². The second-order valence-corrected chi connectivity index (χ2v) is 7.87. The summed E-state index contributed by atoms with van der Waals surface area (Å²) in [6.45, 7) is 1.30. The molecule has 1 aromatic carbocycles. The van der Waals surface area contributed by atoms with Crippen LogP contribution in [0.15, 0.2) is 40.9 Å². The molecule has 2 aromatic heterocycles. The lowest BCUT2D eigenvalue weighted by Crippen LogP contribution is -2.55. The SMILES string of the molecule is Cc1cnc(-c2ccc(Cc3cc([C@@H]4O[C@H](CO)[C@@H](O)[C@H](O)[C@H]4O)ccc3Cl)nn2)o1. The van der Waals surface area contributed by atoms with Crippen LogP contribution in [0.4, 0.5) is 0 Å². The van der Waals surface area contributed by atoms with Crippen molar-refractivity contribution in [1.82, 2.24) is 15.2 Å². The van der Waals surface area contributed by atoms with Crippen molar-refractivity contribution in [1.29, 1.82) is 0 Å². The number of aromatic nitrogens is 3. The van der Waals surface area contributed by atoms with Crippen LogP contribution >= 0.6 is 11.6 Å². The Kier molecular flexibility index (Phi) is 6.33. The lowest BCUT2D eigenvalue weighted by atomic mass is 9.90. The number of halogens is 1. The van der Waals surface area contributed by atoms with Gasteiger partial charge in [-0.25, -0.2) is 4.98 Å². The molecule has 0 saturated carbocycles. The zero-order valence-electron chi connectivity index (χ0n) is 16.6. The Labute approximate surface area is 182 Å². The monoisotopic (exact) mass is 447 g/mol. The Morgan fingerprint density at radius 2 is 1.84 bits per heavy atom. The molecule has 0 aliphatic carbocycles. The molecule has 164 valence electrons. The summed E-state index contributed by atoms with van der Waals surface area (Å²) in [6, 6.07) is 8.60. The predicted molar refractivity (Wildman–Crippen MR) is 109 cm³/mol. The summed E-state index contributed by atoms with van der Waals surface area (Å²) in [5, 5.41) is 48.7. The molecule has 0 unspecified atom stereocenters. The van der Waals surface area contributed by atoms with Crippen molar-refractivity contribution in [2.45, 2.75) is 43.9 Å². The first-order chi connectivity index (χ1) is 14.9. The topological polar surface area (TPSA) is 142 Å². The molecule has 3 aromatic rings. The maximum atomic E-state index is 10.4. The van der Waals surface area contributed by atoms with E-state index in [1.54, 1.807) is 43.5 Å². The van der Waals surface area contributed by atoms with Crippen LogP contribution in [0.2, 0.25) is 5.02 Å². The van der Waals surface area contributed by atoms with E-state index in [0.717, 1.165) is 0 Å². The van der Waals surface area contributed by atoms with Crippen molar-refractivity contribution in [3.63, 3.8) is 0 Å². The van der Waals surface area contributed by atoms with E-state index in [2.05, 4.69) is 15.2 Å². The molecule has 4 N–H and O–H groups in total. The fraction of sp³-hybridized carbons (Fsp3) is 0.381. The minimum absolute atomic E-state index is 0.363. The van der Waals surface area contributed by atoms with Crippen LogP contribution in [-0.2, 0) is 11.2 Å². The van der Waals surface area contributed by atoms with Crippen LogP contribution in [0.25, 0.3) is 11.6 Å². The summed E-state index contributed by atoms with van der Waals surface area (Å²) >= 11 is 6.35. The molecule has 0 spiro atoms. The smallest absolute Gasteiger partial charge is 0.247 e. The molecular formula is C21H22ClN3O6. The first-order valence-corrected chi connectivity index (χ1v) is 10.1. The van der Waals surface area contributed by atoms with Crippen molar-refractivity contribution in [3.05, 3.63) is 64.1 Å². The highest BCUT2D eigenvalue weighted by molar-refractivity contribution is 6.31. The molecule has 1 fully saturated rings. The van der Waals surface area contributed by atoms with Crippen LogP contribution in [-0.4, -0.2) is 66.6 Å². The Bertz CT molecular complexity index is 1040. The highest BCUT2D eigenvalue weighted by atomic mass is 35.5. The van der Waals surface area contributed by atoms with Gasteiger partial charge in [-0.3, -0.25) is 0 Å². The number of aliphatic hydroxyl groups is 4.